The quantitative estimate of drug-likeness (QED) is 0.179. The highest BCUT2D eigenvalue weighted by Crippen LogP contribution is 2.47. The van der Waals surface area contributed by atoms with Gasteiger partial charge in [-0.1, -0.05) is 133 Å². The van der Waals surface area contributed by atoms with Gasteiger partial charge in [0, 0.05) is 62.1 Å². The van der Waals surface area contributed by atoms with Gasteiger partial charge in [-0.05, 0) is 40.5 Å². The van der Waals surface area contributed by atoms with Crippen LogP contribution in [-0.2, 0) is 0 Å². The second-order valence-electron chi connectivity index (χ2n) is 11.9. The summed E-state index contributed by atoms with van der Waals surface area (Å²) in [6.45, 7) is 0. The first-order valence-electron chi connectivity index (χ1n) is 15.5. The standard InChI is InChI=1S/C43H25NS2/c1-2-11-26(12-3-1)40-36-24-23-34-33-20-10-18-30(42(33)46-43(34)39(36)35-16-4-6-21-37(35)44-40)28-14-8-13-27(25-28)29-17-9-19-32-31-15-5-7-22-38(31)45-41(29)32/h1-25H. The Morgan fingerprint density at radius 1 is 0.370 bits per heavy atom. The molecule has 0 atom stereocenters. The lowest BCUT2D eigenvalue weighted by molar-refractivity contribution is 1.43. The van der Waals surface area contributed by atoms with Crippen LogP contribution in [0, 0.1) is 0 Å². The van der Waals surface area contributed by atoms with Crippen LogP contribution in [0.1, 0.15) is 0 Å². The highest BCUT2D eigenvalue weighted by molar-refractivity contribution is 7.27. The van der Waals surface area contributed by atoms with E-state index in [4.69, 9.17) is 4.98 Å². The van der Waals surface area contributed by atoms with Crippen LogP contribution >= 0.6 is 22.7 Å². The van der Waals surface area contributed by atoms with E-state index in [0.717, 1.165) is 16.8 Å². The summed E-state index contributed by atoms with van der Waals surface area (Å²) in [5, 5.41) is 8.96. The lowest BCUT2D eigenvalue weighted by Crippen LogP contribution is -1.89. The van der Waals surface area contributed by atoms with E-state index in [1.54, 1.807) is 0 Å². The van der Waals surface area contributed by atoms with Gasteiger partial charge in [-0.3, -0.25) is 0 Å². The molecule has 0 aliphatic rings. The first-order valence-corrected chi connectivity index (χ1v) is 17.2. The molecule has 3 heterocycles. The molecule has 3 heteroatoms. The van der Waals surface area contributed by atoms with Crippen LogP contribution in [0.4, 0.5) is 0 Å². The first-order chi connectivity index (χ1) is 22.8. The van der Waals surface area contributed by atoms with Gasteiger partial charge in [-0.15, -0.1) is 22.7 Å². The summed E-state index contributed by atoms with van der Waals surface area (Å²) in [5.74, 6) is 0. The molecule has 0 bridgehead atoms. The normalized spacial score (nSPS) is 11.9. The van der Waals surface area contributed by atoms with E-state index in [1.807, 2.05) is 22.7 Å². The molecule has 0 spiro atoms. The van der Waals surface area contributed by atoms with Crippen LogP contribution in [0.25, 0.3) is 95.5 Å². The molecule has 7 aromatic carbocycles. The van der Waals surface area contributed by atoms with Gasteiger partial charge in [-0.25, -0.2) is 4.98 Å². The van der Waals surface area contributed by atoms with E-state index in [9.17, 15) is 0 Å². The molecule has 10 rings (SSSR count). The third-order valence-corrected chi connectivity index (χ3v) is 11.8. The Balaban J connectivity index is 1.22. The van der Waals surface area contributed by atoms with Gasteiger partial charge in [-0.2, -0.15) is 0 Å². The summed E-state index contributed by atoms with van der Waals surface area (Å²) in [5.41, 5.74) is 8.28. The molecular weight excluding hydrogens is 595 g/mol. The lowest BCUT2D eigenvalue weighted by Gasteiger charge is -2.11. The fourth-order valence-electron chi connectivity index (χ4n) is 7.16. The van der Waals surface area contributed by atoms with Crippen molar-refractivity contribution in [2.45, 2.75) is 0 Å². The average Bonchev–Trinajstić information content (AvgIpc) is 3.70. The van der Waals surface area contributed by atoms with E-state index in [0.29, 0.717) is 0 Å². The van der Waals surface area contributed by atoms with Crippen molar-refractivity contribution in [2.75, 3.05) is 0 Å². The number of nitrogens with zero attached hydrogens (tertiary/aromatic N) is 1. The number of fused-ring (bicyclic) bond motifs is 10. The fourth-order valence-corrected chi connectivity index (χ4v) is 9.80. The largest absolute Gasteiger partial charge is 0.247 e. The van der Waals surface area contributed by atoms with Crippen LogP contribution in [0.15, 0.2) is 152 Å². The summed E-state index contributed by atoms with van der Waals surface area (Å²) < 4.78 is 5.33. The first kappa shape index (κ1) is 25.9. The molecule has 46 heavy (non-hydrogen) atoms. The number of aromatic nitrogens is 1. The van der Waals surface area contributed by atoms with E-state index in [-0.39, 0.29) is 0 Å². The molecule has 0 amide bonds. The van der Waals surface area contributed by atoms with E-state index < -0.39 is 0 Å². The number of benzene rings is 7. The van der Waals surface area contributed by atoms with Crippen molar-refractivity contribution in [3.8, 4) is 33.5 Å². The summed E-state index contributed by atoms with van der Waals surface area (Å²) >= 11 is 3.80. The summed E-state index contributed by atoms with van der Waals surface area (Å²) in [6, 6.07) is 55.1. The maximum Gasteiger partial charge on any atom is 0.0788 e. The van der Waals surface area contributed by atoms with Crippen molar-refractivity contribution in [2.24, 2.45) is 0 Å². The second kappa shape index (κ2) is 10.1. The van der Waals surface area contributed by atoms with E-state index in [1.165, 1.54) is 78.8 Å². The third-order valence-electron chi connectivity index (χ3n) is 9.26. The van der Waals surface area contributed by atoms with Crippen LogP contribution in [0.2, 0.25) is 0 Å². The van der Waals surface area contributed by atoms with Crippen LogP contribution in [-0.4, -0.2) is 4.98 Å². The average molecular weight is 620 g/mol. The molecule has 0 aliphatic heterocycles. The minimum Gasteiger partial charge on any atom is -0.247 e. The number of pyridine rings is 1. The van der Waals surface area contributed by atoms with Gasteiger partial charge in [0.1, 0.15) is 0 Å². The van der Waals surface area contributed by atoms with Crippen molar-refractivity contribution in [1.29, 1.82) is 0 Å². The summed E-state index contributed by atoms with van der Waals surface area (Å²) in [4.78, 5) is 5.18. The summed E-state index contributed by atoms with van der Waals surface area (Å²) in [7, 11) is 0. The molecule has 0 saturated heterocycles. The lowest BCUT2D eigenvalue weighted by atomic mass is 9.96. The number of para-hydroxylation sites is 1. The molecule has 214 valence electrons. The highest BCUT2D eigenvalue weighted by atomic mass is 32.1. The fraction of sp³-hybridized carbons (Fsp3) is 0. The molecule has 10 aromatic rings. The monoisotopic (exact) mass is 619 g/mol. The smallest absolute Gasteiger partial charge is 0.0788 e. The van der Waals surface area contributed by atoms with Crippen LogP contribution in [0.5, 0.6) is 0 Å². The summed E-state index contributed by atoms with van der Waals surface area (Å²) in [6.07, 6.45) is 0. The van der Waals surface area contributed by atoms with Gasteiger partial charge in [0.05, 0.1) is 11.2 Å². The predicted molar refractivity (Wildman–Crippen MR) is 201 cm³/mol. The Morgan fingerprint density at radius 3 is 1.74 bits per heavy atom. The zero-order chi connectivity index (χ0) is 30.2. The van der Waals surface area contributed by atoms with Gasteiger partial charge in [0.25, 0.3) is 0 Å². The zero-order valence-corrected chi connectivity index (χ0v) is 26.3. The van der Waals surface area contributed by atoms with Crippen molar-refractivity contribution in [3.63, 3.8) is 0 Å². The minimum absolute atomic E-state index is 1.03. The Morgan fingerprint density at radius 2 is 0.935 bits per heavy atom. The van der Waals surface area contributed by atoms with Gasteiger partial charge in [0.2, 0.25) is 0 Å². The van der Waals surface area contributed by atoms with Crippen molar-refractivity contribution in [1.82, 2.24) is 4.98 Å². The number of hydrogen-bond donors (Lipinski definition) is 0. The predicted octanol–water partition coefficient (Wildman–Crippen LogP) is 13.1. The molecule has 0 radical (unpaired) electrons. The van der Waals surface area contributed by atoms with E-state index >= 15 is 0 Å². The van der Waals surface area contributed by atoms with Gasteiger partial charge in [0.15, 0.2) is 0 Å². The van der Waals surface area contributed by atoms with Crippen LogP contribution < -0.4 is 0 Å². The van der Waals surface area contributed by atoms with E-state index in [2.05, 4.69) is 152 Å². The van der Waals surface area contributed by atoms with Crippen molar-refractivity contribution >= 4 is 84.7 Å². The molecule has 0 N–H and O–H groups in total. The Kier molecular flexibility index (Phi) is 5.68. The topological polar surface area (TPSA) is 12.9 Å². The van der Waals surface area contributed by atoms with Gasteiger partial charge < -0.3 is 0 Å². The minimum atomic E-state index is 1.03. The number of hydrogen-bond acceptors (Lipinski definition) is 3. The van der Waals surface area contributed by atoms with Crippen molar-refractivity contribution < 1.29 is 0 Å². The number of thiophene rings is 2. The van der Waals surface area contributed by atoms with Crippen LogP contribution in [0.3, 0.4) is 0 Å². The molecule has 0 aliphatic carbocycles. The second-order valence-corrected chi connectivity index (χ2v) is 13.9. The molecule has 0 fully saturated rings. The SMILES string of the molecule is c1ccc(-c2nc3ccccc3c3c2ccc2c4cccc(-c5cccc(-c6cccc7c6sc6ccccc67)c5)c4sc23)cc1. The number of rotatable bonds is 3. The Hall–Kier alpha value is -5.35. The molecular formula is C43H25NS2. The maximum atomic E-state index is 5.18. The molecule has 3 aromatic heterocycles. The molecule has 1 nitrogen and oxygen atoms in total. The third kappa shape index (κ3) is 3.83. The maximum absolute atomic E-state index is 5.18. The Labute approximate surface area is 273 Å². The Bertz CT molecular complexity index is 2800. The zero-order valence-electron chi connectivity index (χ0n) is 24.7. The highest BCUT2D eigenvalue weighted by Gasteiger charge is 2.18. The van der Waals surface area contributed by atoms with Gasteiger partial charge >= 0.3 is 0 Å². The molecule has 0 unspecified atom stereocenters. The molecule has 0 saturated carbocycles. The van der Waals surface area contributed by atoms with Crippen molar-refractivity contribution in [3.05, 3.63) is 152 Å².